The first-order chi connectivity index (χ1) is 6.16. The van der Waals surface area contributed by atoms with Crippen LogP contribution in [0, 0.1) is 5.92 Å². The molecular weight excluding hydrogens is 156 g/mol. The summed E-state index contributed by atoms with van der Waals surface area (Å²) in [5.74, 6) is 0.487. The molecule has 1 rings (SSSR count). The molecule has 0 heterocycles. The van der Waals surface area contributed by atoms with Gasteiger partial charge in [-0.1, -0.05) is 57.3 Å². The third kappa shape index (κ3) is 2.09. The minimum absolute atomic E-state index is 0.487. The maximum atomic E-state index is 4.09. The highest BCUT2D eigenvalue weighted by Gasteiger charge is 2.05. The number of hydrogen-bond acceptors (Lipinski definition) is 0. The molecule has 0 saturated carbocycles. The molecule has 0 atom stereocenters. The molecule has 0 amide bonds. The highest BCUT2D eigenvalue weighted by atomic mass is 14.1. The van der Waals surface area contributed by atoms with Gasteiger partial charge in [-0.25, -0.2) is 0 Å². The third-order valence-electron chi connectivity index (χ3n) is 2.22. The molecule has 0 N–H and O–H groups in total. The Morgan fingerprint density at radius 3 is 2.46 bits per heavy atom. The molecule has 0 radical (unpaired) electrons. The highest BCUT2D eigenvalue weighted by Crippen LogP contribution is 2.24. The van der Waals surface area contributed by atoms with Crippen molar-refractivity contribution >= 4 is 11.6 Å². The van der Waals surface area contributed by atoms with E-state index in [1.165, 1.54) is 16.7 Å². The van der Waals surface area contributed by atoms with Gasteiger partial charge >= 0.3 is 0 Å². The van der Waals surface area contributed by atoms with E-state index in [2.05, 4.69) is 39.1 Å². The molecule has 1 aromatic rings. The Balaban J connectivity index is 3.13. The van der Waals surface area contributed by atoms with Gasteiger partial charge in [0.15, 0.2) is 0 Å². The first-order valence-electron chi connectivity index (χ1n) is 4.57. The molecular formula is C13H16. The number of allylic oxidation sites excluding steroid dienone is 1. The van der Waals surface area contributed by atoms with E-state index in [4.69, 9.17) is 0 Å². The number of benzene rings is 1. The van der Waals surface area contributed by atoms with Crippen molar-refractivity contribution in [2.75, 3.05) is 0 Å². The van der Waals surface area contributed by atoms with Gasteiger partial charge in [0.25, 0.3) is 0 Å². The lowest BCUT2D eigenvalue weighted by atomic mass is 9.93. The van der Waals surface area contributed by atoms with E-state index in [1.807, 2.05) is 18.2 Å². The molecule has 0 saturated heterocycles. The fourth-order valence-electron chi connectivity index (χ4n) is 1.28. The summed E-state index contributed by atoms with van der Waals surface area (Å²) in [6, 6.07) is 8.22. The largest absolute Gasteiger partial charge is 0.0984 e. The third-order valence-corrected chi connectivity index (χ3v) is 2.22. The Morgan fingerprint density at radius 2 is 1.92 bits per heavy atom. The summed E-state index contributed by atoms with van der Waals surface area (Å²) in [5, 5.41) is 0. The zero-order chi connectivity index (χ0) is 9.84. The van der Waals surface area contributed by atoms with E-state index in [-0.39, 0.29) is 0 Å². The van der Waals surface area contributed by atoms with Gasteiger partial charge in [-0.2, -0.15) is 0 Å². The molecule has 0 nitrogen and oxygen atoms in total. The highest BCUT2D eigenvalue weighted by molar-refractivity contribution is 5.73. The maximum absolute atomic E-state index is 4.09. The summed E-state index contributed by atoms with van der Waals surface area (Å²) < 4.78 is 0. The second-order valence-corrected chi connectivity index (χ2v) is 3.47. The van der Waals surface area contributed by atoms with Crippen LogP contribution < -0.4 is 0 Å². The fraction of sp³-hybridized carbons (Fsp3) is 0.231. The summed E-state index contributed by atoms with van der Waals surface area (Å²) in [4.78, 5) is 0. The Labute approximate surface area is 80.6 Å². The number of hydrogen-bond donors (Lipinski definition) is 0. The van der Waals surface area contributed by atoms with E-state index in [9.17, 15) is 0 Å². The second-order valence-electron chi connectivity index (χ2n) is 3.47. The van der Waals surface area contributed by atoms with Crippen molar-refractivity contribution in [3.63, 3.8) is 0 Å². The molecule has 0 spiro atoms. The zero-order valence-corrected chi connectivity index (χ0v) is 8.38. The molecule has 0 fully saturated rings. The maximum Gasteiger partial charge on any atom is -0.0155 e. The molecule has 0 aliphatic carbocycles. The standard InChI is InChI=1S/C13H16/c1-5-12-8-6-7-9-13(12)11(4)10(2)3/h5-10H,1,4H2,2-3H3. The lowest BCUT2D eigenvalue weighted by molar-refractivity contribution is 0.857. The number of rotatable bonds is 3. The first-order valence-corrected chi connectivity index (χ1v) is 4.57. The summed E-state index contributed by atoms with van der Waals surface area (Å²) in [6.45, 7) is 12.2. The van der Waals surface area contributed by atoms with Gasteiger partial charge in [-0.3, -0.25) is 0 Å². The molecule has 0 aromatic heterocycles. The van der Waals surface area contributed by atoms with Crippen LogP contribution in [0.4, 0.5) is 0 Å². The minimum Gasteiger partial charge on any atom is -0.0984 e. The fourth-order valence-corrected chi connectivity index (χ4v) is 1.28. The predicted molar refractivity (Wildman–Crippen MR) is 60.4 cm³/mol. The van der Waals surface area contributed by atoms with Crippen molar-refractivity contribution < 1.29 is 0 Å². The molecule has 1 aromatic carbocycles. The monoisotopic (exact) mass is 172 g/mol. The molecule has 0 aliphatic heterocycles. The van der Waals surface area contributed by atoms with Gasteiger partial charge < -0.3 is 0 Å². The Morgan fingerprint density at radius 1 is 1.31 bits per heavy atom. The summed E-state index contributed by atoms with van der Waals surface area (Å²) >= 11 is 0. The van der Waals surface area contributed by atoms with Crippen LogP contribution in [0.25, 0.3) is 11.6 Å². The average molecular weight is 172 g/mol. The Kier molecular flexibility index (Phi) is 3.07. The van der Waals surface area contributed by atoms with Crippen LogP contribution in [0.2, 0.25) is 0 Å². The smallest absolute Gasteiger partial charge is 0.0155 e. The normalized spacial score (nSPS) is 10.1. The van der Waals surface area contributed by atoms with E-state index in [1.54, 1.807) is 0 Å². The van der Waals surface area contributed by atoms with Crippen LogP contribution in [0.3, 0.4) is 0 Å². The van der Waals surface area contributed by atoms with Crippen LogP contribution in [0.5, 0.6) is 0 Å². The first kappa shape index (κ1) is 9.79. The van der Waals surface area contributed by atoms with Gasteiger partial charge in [-0.05, 0) is 22.6 Å². The van der Waals surface area contributed by atoms with Gasteiger partial charge in [0.1, 0.15) is 0 Å². The Bertz CT molecular complexity index is 319. The minimum atomic E-state index is 0.487. The van der Waals surface area contributed by atoms with Crippen molar-refractivity contribution in [2.24, 2.45) is 5.92 Å². The summed E-state index contributed by atoms with van der Waals surface area (Å²) in [6.07, 6.45) is 1.88. The van der Waals surface area contributed by atoms with E-state index >= 15 is 0 Å². The van der Waals surface area contributed by atoms with Crippen LogP contribution in [0.1, 0.15) is 25.0 Å². The summed E-state index contributed by atoms with van der Waals surface area (Å²) in [5.41, 5.74) is 3.56. The zero-order valence-electron chi connectivity index (χ0n) is 8.38. The van der Waals surface area contributed by atoms with E-state index in [0.29, 0.717) is 5.92 Å². The topological polar surface area (TPSA) is 0 Å². The average Bonchev–Trinajstić information content (AvgIpc) is 2.16. The van der Waals surface area contributed by atoms with Crippen molar-refractivity contribution in [1.29, 1.82) is 0 Å². The predicted octanol–water partition coefficient (Wildman–Crippen LogP) is 4.00. The van der Waals surface area contributed by atoms with Gasteiger partial charge in [0, 0.05) is 0 Å². The molecule has 0 bridgehead atoms. The summed E-state index contributed by atoms with van der Waals surface area (Å²) in [7, 11) is 0. The van der Waals surface area contributed by atoms with Crippen molar-refractivity contribution in [3.05, 3.63) is 48.6 Å². The molecule has 0 aliphatic rings. The van der Waals surface area contributed by atoms with Crippen LogP contribution >= 0.6 is 0 Å². The lowest BCUT2D eigenvalue weighted by Gasteiger charge is -2.12. The van der Waals surface area contributed by atoms with Crippen molar-refractivity contribution in [3.8, 4) is 0 Å². The second kappa shape index (κ2) is 4.08. The van der Waals surface area contributed by atoms with Crippen molar-refractivity contribution in [2.45, 2.75) is 13.8 Å². The molecule has 68 valence electrons. The van der Waals surface area contributed by atoms with Crippen LogP contribution in [0.15, 0.2) is 37.4 Å². The SMILES string of the molecule is C=Cc1ccccc1C(=C)C(C)C. The van der Waals surface area contributed by atoms with E-state index < -0.39 is 0 Å². The van der Waals surface area contributed by atoms with Gasteiger partial charge in [-0.15, -0.1) is 0 Å². The molecule has 13 heavy (non-hydrogen) atoms. The van der Waals surface area contributed by atoms with Crippen molar-refractivity contribution in [1.82, 2.24) is 0 Å². The lowest BCUT2D eigenvalue weighted by Crippen LogP contribution is -1.94. The van der Waals surface area contributed by atoms with Gasteiger partial charge in [0.2, 0.25) is 0 Å². The Hall–Kier alpha value is -1.30. The van der Waals surface area contributed by atoms with Gasteiger partial charge in [0.05, 0.1) is 0 Å². The quantitative estimate of drug-likeness (QED) is 0.646. The van der Waals surface area contributed by atoms with Crippen LogP contribution in [-0.2, 0) is 0 Å². The molecule has 0 unspecified atom stereocenters. The van der Waals surface area contributed by atoms with Crippen LogP contribution in [-0.4, -0.2) is 0 Å². The van der Waals surface area contributed by atoms with E-state index in [0.717, 1.165) is 0 Å². The molecule has 0 heteroatoms.